The zero-order valence-electron chi connectivity index (χ0n) is 14.2. The monoisotopic (exact) mass is 340 g/mol. The minimum atomic E-state index is -0.0938. The molecule has 0 bridgehead atoms. The van der Waals surface area contributed by atoms with E-state index in [0.29, 0.717) is 47.9 Å². The first kappa shape index (κ1) is 18.1. The van der Waals surface area contributed by atoms with Crippen molar-refractivity contribution in [2.45, 2.75) is 12.8 Å². The number of methoxy groups -OCH3 is 2. The van der Waals surface area contributed by atoms with E-state index in [9.17, 15) is 4.79 Å². The quantitative estimate of drug-likeness (QED) is 0.745. The fraction of sp³-hybridized carbons (Fsp3) is 0.263. The summed E-state index contributed by atoms with van der Waals surface area (Å²) < 4.78 is 15.9. The Morgan fingerprint density at radius 3 is 2.68 bits per heavy atom. The molecule has 0 spiro atoms. The van der Waals surface area contributed by atoms with Crippen LogP contribution < -0.4 is 19.5 Å². The zero-order valence-corrected chi connectivity index (χ0v) is 14.2. The summed E-state index contributed by atoms with van der Waals surface area (Å²) in [5.41, 5.74) is 1.20. The predicted octanol–water partition coefficient (Wildman–Crippen LogP) is 3.37. The maximum atomic E-state index is 12.0. The Morgan fingerprint density at radius 1 is 1.12 bits per heavy atom. The van der Waals surface area contributed by atoms with E-state index in [4.69, 9.17) is 19.5 Å². The van der Waals surface area contributed by atoms with Gasteiger partial charge in [-0.25, -0.2) is 0 Å². The van der Waals surface area contributed by atoms with Gasteiger partial charge in [-0.15, -0.1) is 0 Å². The molecule has 0 atom stereocenters. The molecule has 0 aliphatic rings. The van der Waals surface area contributed by atoms with Gasteiger partial charge in [-0.1, -0.05) is 6.07 Å². The highest BCUT2D eigenvalue weighted by Crippen LogP contribution is 2.28. The summed E-state index contributed by atoms with van der Waals surface area (Å²) in [6, 6.07) is 14.2. The first-order valence-corrected chi connectivity index (χ1v) is 7.81. The van der Waals surface area contributed by atoms with Crippen LogP contribution in [-0.2, 0) is 4.79 Å². The molecule has 6 nitrogen and oxygen atoms in total. The van der Waals surface area contributed by atoms with Crippen LogP contribution in [0, 0.1) is 11.3 Å². The Morgan fingerprint density at radius 2 is 1.96 bits per heavy atom. The van der Waals surface area contributed by atoms with Crippen molar-refractivity contribution in [2.75, 3.05) is 26.1 Å². The minimum absolute atomic E-state index is 0.0938. The Hall–Kier alpha value is -3.20. The molecule has 0 heterocycles. The molecule has 0 saturated heterocycles. The lowest BCUT2D eigenvalue weighted by atomic mass is 10.2. The zero-order chi connectivity index (χ0) is 18.1. The molecule has 0 saturated carbocycles. The molecular formula is C19H20N2O4. The van der Waals surface area contributed by atoms with E-state index in [0.717, 1.165) is 0 Å². The molecule has 0 fully saturated rings. The second kappa shape index (κ2) is 9.18. The average molecular weight is 340 g/mol. The van der Waals surface area contributed by atoms with Gasteiger partial charge in [-0.2, -0.15) is 5.26 Å². The van der Waals surface area contributed by atoms with Crippen LogP contribution in [0.3, 0.4) is 0 Å². The molecule has 6 heteroatoms. The number of amides is 1. The molecule has 1 N–H and O–H groups in total. The van der Waals surface area contributed by atoms with Crippen molar-refractivity contribution < 1.29 is 19.0 Å². The number of anilines is 1. The maximum absolute atomic E-state index is 12.0. The maximum Gasteiger partial charge on any atom is 0.224 e. The first-order chi connectivity index (χ1) is 12.2. The van der Waals surface area contributed by atoms with Gasteiger partial charge >= 0.3 is 0 Å². The lowest BCUT2D eigenvalue weighted by Crippen LogP contribution is -2.13. The Bertz CT molecular complexity index is 768. The van der Waals surface area contributed by atoms with Gasteiger partial charge in [0, 0.05) is 24.2 Å². The molecule has 2 aromatic carbocycles. The van der Waals surface area contributed by atoms with Gasteiger partial charge < -0.3 is 19.5 Å². The summed E-state index contributed by atoms with van der Waals surface area (Å²) in [7, 11) is 3.10. The summed E-state index contributed by atoms with van der Waals surface area (Å²) in [5, 5.41) is 11.7. The van der Waals surface area contributed by atoms with Crippen molar-refractivity contribution in [2.24, 2.45) is 0 Å². The Labute approximate surface area is 146 Å². The molecule has 0 aromatic heterocycles. The SMILES string of the molecule is COc1cccc(NC(=O)CCCOc2ccc(C#N)cc2OC)c1. The van der Waals surface area contributed by atoms with Crippen LogP contribution in [-0.4, -0.2) is 26.7 Å². The smallest absolute Gasteiger partial charge is 0.224 e. The molecule has 0 unspecified atom stereocenters. The highest BCUT2D eigenvalue weighted by atomic mass is 16.5. The number of nitrogens with zero attached hydrogens (tertiary/aromatic N) is 1. The second-order valence-electron chi connectivity index (χ2n) is 5.21. The number of hydrogen-bond donors (Lipinski definition) is 1. The summed E-state index contributed by atoms with van der Waals surface area (Å²) >= 11 is 0. The minimum Gasteiger partial charge on any atom is -0.497 e. The molecule has 130 valence electrons. The number of carbonyl (C=O) groups is 1. The van der Waals surface area contributed by atoms with Gasteiger partial charge in [-0.3, -0.25) is 4.79 Å². The molecule has 2 rings (SSSR count). The summed E-state index contributed by atoms with van der Waals surface area (Å²) in [6.07, 6.45) is 0.884. The van der Waals surface area contributed by atoms with Gasteiger partial charge in [0.25, 0.3) is 0 Å². The number of ether oxygens (including phenoxy) is 3. The van der Waals surface area contributed by atoms with Gasteiger partial charge in [0.15, 0.2) is 11.5 Å². The van der Waals surface area contributed by atoms with Crippen LogP contribution in [0.4, 0.5) is 5.69 Å². The second-order valence-corrected chi connectivity index (χ2v) is 5.21. The lowest BCUT2D eigenvalue weighted by molar-refractivity contribution is -0.116. The Balaban J connectivity index is 1.79. The number of rotatable bonds is 8. The molecule has 25 heavy (non-hydrogen) atoms. The van der Waals surface area contributed by atoms with E-state index < -0.39 is 0 Å². The summed E-state index contributed by atoms with van der Waals surface area (Å²) in [5.74, 6) is 1.65. The summed E-state index contributed by atoms with van der Waals surface area (Å²) in [4.78, 5) is 12.0. The number of benzene rings is 2. The third-order valence-corrected chi connectivity index (χ3v) is 3.45. The topological polar surface area (TPSA) is 80.6 Å². The third-order valence-electron chi connectivity index (χ3n) is 3.45. The van der Waals surface area contributed by atoms with Gasteiger partial charge in [0.1, 0.15) is 5.75 Å². The van der Waals surface area contributed by atoms with Crippen molar-refractivity contribution in [3.05, 3.63) is 48.0 Å². The van der Waals surface area contributed by atoms with E-state index in [1.165, 1.54) is 7.11 Å². The van der Waals surface area contributed by atoms with Crippen LogP contribution in [0.1, 0.15) is 18.4 Å². The lowest BCUT2D eigenvalue weighted by Gasteiger charge is -2.11. The number of nitriles is 1. The average Bonchev–Trinajstić information content (AvgIpc) is 2.65. The number of nitrogens with one attached hydrogen (secondary N) is 1. The van der Waals surface area contributed by atoms with Crippen molar-refractivity contribution in [1.29, 1.82) is 5.26 Å². The van der Waals surface area contributed by atoms with E-state index in [2.05, 4.69) is 5.32 Å². The molecule has 0 aliphatic carbocycles. The van der Waals surface area contributed by atoms with Crippen LogP contribution in [0.5, 0.6) is 17.2 Å². The first-order valence-electron chi connectivity index (χ1n) is 7.81. The standard InChI is InChI=1S/C19H20N2O4/c1-23-16-6-3-5-15(12-16)21-19(22)7-4-10-25-17-9-8-14(13-20)11-18(17)24-2/h3,5-6,8-9,11-12H,4,7,10H2,1-2H3,(H,21,22). The predicted molar refractivity (Wildman–Crippen MR) is 94.1 cm³/mol. The van der Waals surface area contributed by atoms with E-state index in [-0.39, 0.29) is 5.91 Å². The largest absolute Gasteiger partial charge is 0.497 e. The van der Waals surface area contributed by atoms with Gasteiger partial charge in [0.05, 0.1) is 32.5 Å². The highest BCUT2D eigenvalue weighted by molar-refractivity contribution is 5.90. The van der Waals surface area contributed by atoms with Crippen molar-refractivity contribution in [1.82, 2.24) is 0 Å². The van der Waals surface area contributed by atoms with Crippen LogP contribution in [0.15, 0.2) is 42.5 Å². The van der Waals surface area contributed by atoms with Crippen LogP contribution >= 0.6 is 0 Å². The molecule has 0 aliphatic heterocycles. The van der Waals surface area contributed by atoms with Crippen molar-refractivity contribution in [3.8, 4) is 23.3 Å². The van der Waals surface area contributed by atoms with E-state index in [1.807, 2.05) is 18.2 Å². The van der Waals surface area contributed by atoms with Gasteiger partial charge in [0.2, 0.25) is 5.91 Å². The number of carbonyl (C=O) groups excluding carboxylic acids is 1. The Kier molecular flexibility index (Phi) is 6.66. The van der Waals surface area contributed by atoms with Crippen LogP contribution in [0.2, 0.25) is 0 Å². The van der Waals surface area contributed by atoms with Crippen LogP contribution in [0.25, 0.3) is 0 Å². The summed E-state index contributed by atoms with van der Waals surface area (Å²) in [6.45, 7) is 0.369. The number of hydrogen-bond acceptors (Lipinski definition) is 5. The normalized spacial score (nSPS) is 9.80. The van der Waals surface area contributed by atoms with Crippen molar-refractivity contribution >= 4 is 11.6 Å². The highest BCUT2D eigenvalue weighted by Gasteiger charge is 2.07. The molecular weight excluding hydrogens is 320 g/mol. The van der Waals surface area contributed by atoms with E-state index in [1.54, 1.807) is 37.4 Å². The third kappa shape index (κ3) is 5.43. The molecule has 2 aromatic rings. The molecule has 1 amide bonds. The fourth-order valence-electron chi connectivity index (χ4n) is 2.20. The fourth-order valence-corrected chi connectivity index (χ4v) is 2.20. The van der Waals surface area contributed by atoms with Gasteiger partial charge in [-0.05, 0) is 30.7 Å². The molecule has 0 radical (unpaired) electrons. The van der Waals surface area contributed by atoms with E-state index >= 15 is 0 Å². The van der Waals surface area contributed by atoms with Crippen molar-refractivity contribution in [3.63, 3.8) is 0 Å².